The normalized spacial score (nSPS) is 21.4. The Labute approximate surface area is 88.6 Å². The smallest absolute Gasteiger partial charge is 0.254 e. The maximum absolute atomic E-state index is 11.9. The molecule has 2 rings (SSSR count). The van der Waals surface area contributed by atoms with Crippen LogP contribution in [0.3, 0.4) is 0 Å². The largest absolute Gasteiger partial charge is 0.391 e. The number of aliphatic hydroxyl groups is 1. The van der Waals surface area contributed by atoms with Gasteiger partial charge in [0.05, 0.1) is 6.10 Å². The molecule has 0 radical (unpaired) electrons. The van der Waals surface area contributed by atoms with Gasteiger partial charge >= 0.3 is 0 Å². The number of β-amino-alcohol motifs (C(OH)–C–C–N with tert-alkyl or cyclic N) is 1. The molecule has 1 aromatic heterocycles. The predicted octanol–water partition coefficient (Wildman–Crippen LogP) is 0.678. The van der Waals surface area contributed by atoms with Crippen molar-refractivity contribution < 1.29 is 9.90 Å². The highest BCUT2D eigenvalue weighted by Crippen LogP contribution is 2.13. The van der Waals surface area contributed by atoms with E-state index in [9.17, 15) is 9.90 Å². The Morgan fingerprint density at radius 3 is 2.87 bits per heavy atom. The van der Waals surface area contributed by atoms with E-state index in [4.69, 9.17) is 0 Å². The number of pyridine rings is 1. The first-order valence-electron chi connectivity index (χ1n) is 5.15. The zero-order chi connectivity index (χ0) is 10.7. The Morgan fingerprint density at radius 1 is 1.47 bits per heavy atom. The minimum Gasteiger partial charge on any atom is -0.391 e. The van der Waals surface area contributed by atoms with Gasteiger partial charge in [-0.15, -0.1) is 0 Å². The average Bonchev–Trinajstić information content (AvgIpc) is 2.29. The summed E-state index contributed by atoms with van der Waals surface area (Å²) in [7, 11) is 0. The number of rotatable bonds is 1. The van der Waals surface area contributed by atoms with Crippen molar-refractivity contribution in [3.8, 4) is 0 Å². The summed E-state index contributed by atoms with van der Waals surface area (Å²) in [5, 5.41) is 9.47. The van der Waals surface area contributed by atoms with E-state index >= 15 is 0 Å². The molecule has 4 heteroatoms. The molecule has 0 saturated carbocycles. The van der Waals surface area contributed by atoms with Crippen LogP contribution < -0.4 is 0 Å². The molecule has 80 valence electrons. The molecule has 2 heterocycles. The van der Waals surface area contributed by atoms with Gasteiger partial charge in [0.1, 0.15) is 0 Å². The van der Waals surface area contributed by atoms with Gasteiger partial charge in [-0.25, -0.2) is 0 Å². The molecule has 0 spiro atoms. The highest BCUT2D eigenvalue weighted by molar-refractivity contribution is 5.94. The van der Waals surface area contributed by atoms with Crippen LogP contribution in [0.5, 0.6) is 0 Å². The maximum atomic E-state index is 11.9. The molecule has 4 nitrogen and oxygen atoms in total. The zero-order valence-corrected chi connectivity index (χ0v) is 8.47. The van der Waals surface area contributed by atoms with Gasteiger partial charge < -0.3 is 10.0 Å². The Hall–Kier alpha value is -1.42. The number of amides is 1. The van der Waals surface area contributed by atoms with Crippen LogP contribution in [0.4, 0.5) is 0 Å². The monoisotopic (exact) mass is 206 g/mol. The summed E-state index contributed by atoms with van der Waals surface area (Å²) in [5.74, 6) is -0.0175. The van der Waals surface area contributed by atoms with E-state index in [1.54, 1.807) is 29.4 Å². The molecule has 0 aliphatic carbocycles. The van der Waals surface area contributed by atoms with Crippen molar-refractivity contribution in [1.29, 1.82) is 0 Å². The van der Waals surface area contributed by atoms with Crippen LogP contribution in [0.15, 0.2) is 24.5 Å². The maximum Gasteiger partial charge on any atom is 0.254 e. The highest BCUT2D eigenvalue weighted by atomic mass is 16.3. The van der Waals surface area contributed by atoms with E-state index in [1.165, 1.54) is 0 Å². The Balaban J connectivity index is 2.08. The quantitative estimate of drug-likeness (QED) is 0.735. The molecule has 1 amide bonds. The van der Waals surface area contributed by atoms with Crippen LogP contribution >= 0.6 is 0 Å². The lowest BCUT2D eigenvalue weighted by Crippen LogP contribution is -2.42. The van der Waals surface area contributed by atoms with Gasteiger partial charge in [0.25, 0.3) is 5.91 Å². The van der Waals surface area contributed by atoms with E-state index in [1.807, 2.05) is 0 Å². The van der Waals surface area contributed by atoms with Crippen LogP contribution in [0.1, 0.15) is 23.2 Å². The summed E-state index contributed by atoms with van der Waals surface area (Å²) < 4.78 is 0. The first kappa shape index (κ1) is 10.1. The fourth-order valence-corrected chi connectivity index (χ4v) is 1.82. The number of piperidine rings is 1. The second kappa shape index (κ2) is 4.40. The van der Waals surface area contributed by atoms with Crippen molar-refractivity contribution in [2.24, 2.45) is 0 Å². The molecule has 1 N–H and O–H groups in total. The summed E-state index contributed by atoms with van der Waals surface area (Å²) in [6, 6.07) is 3.40. The van der Waals surface area contributed by atoms with Crippen molar-refractivity contribution >= 4 is 5.91 Å². The third kappa shape index (κ3) is 2.33. The third-order valence-electron chi connectivity index (χ3n) is 2.61. The topological polar surface area (TPSA) is 53.4 Å². The zero-order valence-electron chi connectivity index (χ0n) is 8.47. The summed E-state index contributed by atoms with van der Waals surface area (Å²) in [6.45, 7) is 1.18. The molecular formula is C11H14N2O2. The average molecular weight is 206 g/mol. The van der Waals surface area contributed by atoms with Crippen molar-refractivity contribution in [3.63, 3.8) is 0 Å². The van der Waals surface area contributed by atoms with E-state index < -0.39 is 0 Å². The molecule has 15 heavy (non-hydrogen) atoms. The summed E-state index contributed by atoms with van der Waals surface area (Å²) in [5.41, 5.74) is 0.638. The van der Waals surface area contributed by atoms with Gasteiger partial charge in [-0.3, -0.25) is 9.78 Å². The minimum atomic E-state index is -0.371. The van der Waals surface area contributed by atoms with Crippen molar-refractivity contribution in [1.82, 2.24) is 9.88 Å². The molecule has 1 unspecified atom stereocenters. The number of carbonyl (C=O) groups is 1. The third-order valence-corrected chi connectivity index (χ3v) is 2.61. The number of aliphatic hydroxyl groups excluding tert-OH is 1. The number of hydrogen-bond acceptors (Lipinski definition) is 3. The van der Waals surface area contributed by atoms with Gasteiger partial charge in [-0.2, -0.15) is 0 Å². The van der Waals surface area contributed by atoms with Gasteiger partial charge in [0.2, 0.25) is 0 Å². The van der Waals surface area contributed by atoms with Crippen LogP contribution in [0.2, 0.25) is 0 Å². The standard InChI is InChI=1S/C11H14N2O2/c14-10-2-1-7-13(8-10)11(15)9-3-5-12-6-4-9/h3-6,10,14H,1-2,7-8H2. The number of hydrogen-bond donors (Lipinski definition) is 1. The van der Waals surface area contributed by atoms with Crippen LogP contribution in [0.25, 0.3) is 0 Å². The molecule has 0 aromatic carbocycles. The number of likely N-dealkylation sites (tertiary alicyclic amines) is 1. The van der Waals surface area contributed by atoms with E-state index in [-0.39, 0.29) is 12.0 Å². The minimum absolute atomic E-state index is 0.0175. The number of nitrogens with zero attached hydrogens (tertiary/aromatic N) is 2. The molecule has 1 saturated heterocycles. The van der Waals surface area contributed by atoms with Crippen LogP contribution in [0, 0.1) is 0 Å². The molecular weight excluding hydrogens is 192 g/mol. The fraction of sp³-hybridized carbons (Fsp3) is 0.455. The SMILES string of the molecule is O=C(c1ccncc1)N1CCCC(O)C1. The van der Waals surface area contributed by atoms with Gasteiger partial charge in [-0.1, -0.05) is 0 Å². The Morgan fingerprint density at radius 2 is 2.20 bits per heavy atom. The van der Waals surface area contributed by atoms with Crippen molar-refractivity contribution in [2.45, 2.75) is 18.9 Å². The number of aromatic nitrogens is 1. The first-order valence-corrected chi connectivity index (χ1v) is 5.15. The number of carbonyl (C=O) groups excluding carboxylic acids is 1. The highest BCUT2D eigenvalue weighted by Gasteiger charge is 2.22. The van der Waals surface area contributed by atoms with Gasteiger partial charge in [0, 0.05) is 31.0 Å². The Bertz CT molecular complexity index is 340. The second-order valence-electron chi connectivity index (χ2n) is 3.78. The molecule has 1 fully saturated rings. The molecule has 1 atom stereocenters. The van der Waals surface area contributed by atoms with E-state index in [0.29, 0.717) is 12.1 Å². The van der Waals surface area contributed by atoms with Crippen molar-refractivity contribution in [2.75, 3.05) is 13.1 Å². The van der Waals surface area contributed by atoms with Crippen LogP contribution in [-0.2, 0) is 0 Å². The van der Waals surface area contributed by atoms with Crippen LogP contribution in [-0.4, -0.2) is 40.1 Å². The Kier molecular flexibility index (Phi) is 2.97. The first-order chi connectivity index (χ1) is 7.27. The van der Waals surface area contributed by atoms with E-state index in [2.05, 4.69) is 4.98 Å². The fourth-order valence-electron chi connectivity index (χ4n) is 1.82. The van der Waals surface area contributed by atoms with E-state index in [0.717, 1.165) is 19.4 Å². The van der Waals surface area contributed by atoms with Gasteiger partial charge in [0.15, 0.2) is 0 Å². The summed E-state index contributed by atoms with van der Waals surface area (Å²) >= 11 is 0. The van der Waals surface area contributed by atoms with Gasteiger partial charge in [-0.05, 0) is 25.0 Å². The van der Waals surface area contributed by atoms with Crippen molar-refractivity contribution in [3.05, 3.63) is 30.1 Å². The molecule has 1 aliphatic rings. The molecule has 1 aromatic rings. The summed E-state index contributed by atoms with van der Waals surface area (Å²) in [4.78, 5) is 17.5. The predicted molar refractivity (Wildman–Crippen MR) is 55.4 cm³/mol. The second-order valence-corrected chi connectivity index (χ2v) is 3.78. The molecule has 0 bridgehead atoms. The lowest BCUT2D eigenvalue weighted by atomic mass is 10.1. The summed E-state index contributed by atoms with van der Waals surface area (Å²) in [6.07, 6.45) is 4.50. The molecule has 1 aliphatic heterocycles. The lowest BCUT2D eigenvalue weighted by molar-refractivity contribution is 0.0473. The lowest BCUT2D eigenvalue weighted by Gasteiger charge is -2.30.